The first-order valence-corrected chi connectivity index (χ1v) is 13.0. The number of imidazole rings is 1. The molecule has 0 radical (unpaired) electrons. The standard InChI is InChI=1S/C27H33FN10O2/c1-27(2,3)40-26(39)38-10-8-37(9-11-38)19-12-18(14-29-15-19)31-23-20(28)16-30-24(35-23)32-17-6-7-21-22(13-17)34-25(33-21)36(4)5/h6-7,12-16H,8-11H2,1-5H3,(H,33,34)(H2,30,31,32,35). The van der Waals surface area contributed by atoms with Gasteiger partial charge in [0.1, 0.15) is 5.60 Å². The molecule has 4 heterocycles. The molecule has 1 aromatic carbocycles. The third kappa shape index (κ3) is 6.30. The van der Waals surface area contributed by atoms with Gasteiger partial charge >= 0.3 is 6.09 Å². The molecule has 0 unspecified atom stereocenters. The molecule has 210 valence electrons. The number of carbonyl (C=O) groups excluding carboxylic acids is 1. The van der Waals surface area contributed by atoms with Crippen molar-refractivity contribution in [2.45, 2.75) is 26.4 Å². The van der Waals surface area contributed by atoms with Crippen molar-refractivity contribution >= 4 is 51.9 Å². The van der Waals surface area contributed by atoms with E-state index in [1.54, 1.807) is 17.3 Å². The summed E-state index contributed by atoms with van der Waals surface area (Å²) in [7, 11) is 3.82. The number of piperazine rings is 1. The molecule has 13 heteroatoms. The predicted molar refractivity (Wildman–Crippen MR) is 153 cm³/mol. The Morgan fingerprint density at radius 3 is 2.52 bits per heavy atom. The highest BCUT2D eigenvalue weighted by molar-refractivity contribution is 5.82. The third-order valence-electron chi connectivity index (χ3n) is 6.18. The van der Waals surface area contributed by atoms with Crippen molar-refractivity contribution in [2.75, 3.05) is 60.7 Å². The Hall–Kier alpha value is -4.68. The summed E-state index contributed by atoms with van der Waals surface area (Å²) in [5.41, 5.74) is 3.30. The van der Waals surface area contributed by atoms with Crippen LogP contribution in [0.2, 0.25) is 0 Å². The number of hydrogen-bond donors (Lipinski definition) is 3. The van der Waals surface area contributed by atoms with Crippen molar-refractivity contribution in [3.8, 4) is 0 Å². The van der Waals surface area contributed by atoms with E-state index in [-0.39, 0.29) is 17.9 Å². The van der Waals surface area contributed by atoms with E-state index >= 15 is 0 Å². The smallest absolute Gasteiger partial charge is 0.410 e. The van der Waals surface area contributed by atoms with E-state index in [1.165, 1.54) is 0 Å². The van der Waals surface area contributed by atoms with E-state index in [0.717, 1.165) is 34.6 Å². The van der Waals surface area contributed by atoms with Gasteiger partial charge in [-0.3, -0.25) is 4.98 Å². The van der Waals surface area contributed by atoms with Crippen LogP contribution in [0, 0.1) is 5.82 Å². The Bertz CT molecular complexity index is 1510. The summed E-state index contributed by atoms with van der Waals surface area (Å²) >= 11 is 0. The monoisotopic (exact) mass is 548 g/mol. The fraction of sp³-hybridized carbons (Fsp3) is 0.370. The van der Waals surface area contributed by atoms with Crippen LogP contribution in [0.5, 0.6) is 0 Å². The Morgan fingerprint density at radius 2 is 1.80 bits per heavy atom. The van der Waals surface area contributed by atoms with Crippen LogP contribution in [-0.2, 0) is 4.74 Å². The maximum atomic E-state index is 14.7. The van der Waals surface area contributed by atoms with Crippen LogP contribution in [0.25, 0.3) is 11.0 Å². The maximum absolute atomic E-state index is 14.7. The number of rotatable bonds is 6. The van der Waals surface area contributed by atoms with Crippen molar-refractivity contribution < 1.29 is 13.9 Å². The van der Waals surface area contributed by atoms with Crippen molar-refractivity contribution in [1.29, 1.82) is 0 Å². The van der Waals surface area contributed by atoms with Gasteiger partial charge in [-0.25, -0.2) is 19.2 Å². The minimum atomic E-state index is -0.596. The minimum absolute atomic E-state index is 0.0173. The van der Waals surface area contributed by atoms with Gasteiger partial charge in [-0.2, -0.15) is 4.98 Å². The van der Waals surface area contributed by atoms with E-state index in [9.17, 15) is 9.18 Å². The van der Waals surface area contributed by atoms with E-state index in [0.29, 0.717) is 31.9 Å². The summed E-state index contributed by atoms with van der Waals surface area (Å²) < 4.78 is 20.1. The van der Waals surface area contributed by atoms with Gasteiger partial charge in [0.25, 0.3) is 0 Å². The summed E-state index contributed by atoms with van der Waals surface area (Å²) in [6, 6.07) is 7.51. The first-order chi connectivity index (χ1) is 19.0. The maximum Gasteiger partial charge on any atom is 0.410 e. The highest BCUT2D eigenvalue weighted by atomic mass is 19.1. The first kappa shape index (κ1) is 26.9. The number of aromatic nitrogens is 5. The predicted octanol–water partition coefficient (Wildman–Crippen LogP) is 4.50. The van der Waals surface area contributed by atoms with E-state index in [2.05, 4.69) is 40.5 Å². The van der Waals surface area contributed by atoms with Crippen LogP contribution in [-0.4, -0.2) is 81.8 Å². The summed E-state index contributed by atoms with van der Waals surface area (Å²) in [5.74, 6) is 0.403. The summed E-state index contributed by atoms with van der Waals surface area (Å²) in [4.78, 5) is 38.6. The molecule has 1 amide bonds. The van der Waals surface area contributed by atoms with Crippen LogP contribution < -0.4 is 20.4 Å². The van der Waals surface area contributed by atoms with Gasteiger partial charge in [-0.1, -0.05) is 0 Å². The second-order valence-corrected chi connectivity index (χ2v) is 10.7. The quantitative estimate of drug-likeness (QED) is 0.317. The molecule has 0 bridgehead atoms. The van der Waals surface area contributed by atoms with Gasteiger partial charge < -0.3 is 35.1 Å². The van der Waals surface area contributed by atoms with Gasteiger partial charge in [-0.05, 0) is 45.0 Å². The molecule has 3 N–H and O–H groups in total. The highest BCUT2D eigenvalue weighted by Gasteiger charge is 2.26. The number of nitrogens with zero attached hydrogens (tertiary/aromatic N) is 7. The van der Waals surface area contributed by atoms with Gasteiger partial charge in [-0.15, -0.1) is 0 Å². The molecule has 1 aliphatic rings. The van der Waals surface area contributed by atoms with Crippen LogP contribution >= 0.6 is 0 Å². The number of carbonyl (C=O) groups is 1. The number of hydrogen-bond acceptors (Lipinski definition) is 10. The number of benzene rings is 1. The largest absolute Gasteiger partial charge is 0.444 e. The van der Waals surface area contributed by atoms with Gasteiger partial charge in [0, 0.05) is 46.0 Å². The Morgan fingerprint density at radius 1 is 1.02 bits per heavy atom. The average molecular weight is 549 g/mol. The number of halogens is 1. The van der Waals surface area contributed by atoms with Crippen LogP contribution in [0.4, 0.5) is 44.0 Å². The van der Waals surface area contributed by atoms with E-state index in [1.807, 2.05) is 64.0 Å². The minimum Gasteiger partial charge on any atom is -0.444 e. The molecular weight excluding hydrogens is 515 g/mol. The lowest BCUT2D eigenvalue weighted by atomic mass is 10.2. The molecule has 1 aliphatic heterocycles. The second-order valence-electron chi connectivity index (χ2n) is 10.7. The number of fused-ring (bicyclic) bond motifs is 1. The molecule has 1 fully saturated rings. The molecule has 40 heavy (non-hydrogen) atoms. The Kier molecular flexibility index (Phi) is 7.28. The number of amides is 1. The highest BCUT2D eigenvalue weighted by Crippen LogP contribution is 2.26. The molecule has 4 aromatic rings. The normalized spacial score (nSPS) is 13.8. The number of anilines is 6. The van der Waals surface area contributed by atoms with E-state index in [4.69, 9.17) is 4.74 Å². The fourth-order valence-corrected chi connectivity index (χ4v) is 4.21. The summed E-state index contributed by atoms with van der Waals surface area (Å²) in [6.45, 7) is 7.86. The van der Waals surface area contributed by atoms with Crippen LogP contribution in [0.3, 0.4) is 0 Å². The zero-order chi connectivity index (χ0) is 28.4. The number of nitrogens with one attached hydrogen (secondary N) is 3. The average Bonchev–Trinajstić information content (AvgIpc) is 3.34. The molecule has 1 saturated heterocycles. The van der Waals surface area contributed by atoms with Crippen molar-refractivity contribution in [3.05, 3.63) is 48.7 Å². The van der Waals surface area contributed by atoms with Crippen molar-refractivity contribution in [2.24, 2.45) is 0 Å². The summed E-state index contributed by atoms with van der Waals surface area (Å²) in [5, 5.41) is 6.14. The Balaban J connectivity index is 1.25. The molecular formula is C27H33FN10O2. The number of aromatic amines is 1. The Labute approximate surface area is 231 Å². The SMILES string of the molecule is CN(C)c1nc2ccc(Nc3ncc(F)c(Nc4cncc(N5CCN(C(=O)OC(C)(C)C)CC5)c4)n3)cc2[nH]1. The zero-order valence-electron chi connectivity index (χ0n) is 23.2. The molecule has 0 spiro atoms. The second kappa shape index (κ2) is 10.8. The lowest BCUT2D eigenvalue weighted by Gasteiger charge is -2.36. The van der Waals surface area contributed by atoms with Gasteiger partial charge in [0.15, 0.2) is 11.6 Å². The zero-order valence-corrected chi connectivity index (χ0v) is 23.2. The molecule has 0 atom stereocenters. The lowest BCUT2D eigenvalue weighted by molar-refractivity contribution is 0.0240. The molecule has 0 aliphatic carbocycles. The molecule has 3 aromatic heterocycles. The molecule has 12 nitrogen and oxygen atoms in total. The lowest BCUT2D eigenvalue weighted by Crippen LogP contribution is -2.50. The van der Waals surface area contributed by atoms with Crippen molar-refractivity contribution in [3.63, 3.8) is 0 Å². The van der Waals surface area contributed by atoms with Gasteiger partial charge in [0.2, 0.25) is 11.9 Å². The molecule has 5 rings (SSSR count). The van der Waals surface area contributed by atoms with E-state index < -0.39 is 11.4 Å². The number of pyridine rings is 1. The van der Waals surface area contributed by atoms with Crippen LogP contribution in [0.15, 0.2) is 42.9 Å². The van der Waals surface area contributed by atoms with Crippen LogP contribution in [0.1, 0.15) is 20.8 Å². The van der Waals surface area contributed by atoms with Gasteiger partial charge in [0.05, 0.1) is 41.0 Å². The topological polar surface area (TPSA) is 127 Å². The summed E-state index contributed by atoms with van der Waals surface area (Å²) in [6.07, 6.45) is 4.14. The molecule has 0 saturated carbocycles. The van der Waals surface area contributed by atoms with Crippen molar-refractivity contribution in [1.82, 2.24) is 29.8 Å². The third-order valence-corrected chi connectivity index (χ3v) is 6.18. The number of H-pyrrole nitrogens is 1. The number of ether oxygens (including phenoxy) is 1. The fourth-order valence-electron chi connectivity index (χ4n) is 4.21. The first-order valence-electron chi connectivity index (χ1n) is 13.0.